The minimum absolute atomic E-state index is 0.0691. The molecule has 3 rings (SSSR count). The summed E-state index contributed by atoms with van der Waals surface area (Å²) in [6.45, 7) is 3.97. The van der Waals surface area contributed by atoms with Crippen LogP contribution in [0.3, 0.4) is 0 Å². The Balaban J connectivity index is 1.82. The fraction of sp³-hybridized carbons (Fsp3) is 0.440. The number of nitrogens with one attached hydrogen (secondary N) is 2. The topological polar surface area (TPSA) is 84.5 Å². The smallest absolute Gasteiger partial charge is 0.416 e. The first kappa shape index (κ1) is 29.6. The fourth-order valence-corrected chi connectivity index (χ4v) is 5.78. The Hall–Kier alpha value is -1.98. The summed E-state index contributed by atoms with van der Waals surface area (Å²) < 4.78 is 54.4. The number of carbonyl (C=O) groups is 2. The zero-order chi connectivity index (χ0) is 27.3. The molecule has 2 amide bonds. The number of carbonyl (C=O) groups excluding carboxylic acids is 2. The Morgan fingerprint density at radius 1 is 1.22 bits per heavy atom. The van der Waals surface area contributed by atoms with Crippen molar-refractivity contribution in [3.05, 3.63) is 62.6 Å². The van der Waals surface area contributed by atoms with E-state index in [-0.39, 0.29) is 41.2 Å². The minimum atomic E-state index is -4.74. The molecule has 1 fully saturated rings. The van der Waals surface area contributed by atoms with Gasteiger partial charge in [0.1, 0.15) is 5.75 Å². The first-order valence-electron chi connectivity index (χ1n) is 11.7. The van der Waals surface area contributed by atoms with Crippen molar-refractivity contribution in [2.45, 2.75) is 56.9 Å². The maximum absolute atomic E-state index is 14.0. The molecule has 202 valence electrons. The number of likely N-dealkylation sites (tertiary alicyclic amines) is 1. The van der Waals surface area contributed by atoms with Crippen molar-refractivity contribution in [3.63, 3.8) is 0 Å². The first-order chi connectivity index (χ1) is 17.4. The second kappa shape index (κ2) is 12.7. The van der Waals surface area contributed by atoms with Gasteiger partial charge in [-0.05, 0) is 73.4 Å². The minimum Gasteiger partial charge on any atom is -0.611 e. The molecule has 1 unspecified atom stereocenters. The second-order valence-electron chi connectivity index (χ2n) is 8.83. The molecule has 37 heavy (non-hydrogen) atoms. The highest BCUT2D eigenvalue weighted by Gasteiger charge is 2.36. The van der Waals surface area contributed by atoms with Crippen LogP contribution in [-0.4, -0.2) is 46.2 Å². The third kappa shape index (κ3) is 8.00. The molecule has 6 nitrogen and oxygen atoms in total. The van der Waals surface area contributed by atoms with Crippen LogP contribution in [0, 0.1) is 0 Å². The van der Waals surface area contributed by atoms with Crippen LogP contribution >= 0.6 is 23.2 Å². The van der Waals surface area contributed by atoms with Crippen molar-refractivity contribution in [2.75, 3.05) is 18.8 Å². The maximum atomic E-state index is 14.0. The van der Waals surface area contributed by atoms with Gasteiger partial charge in [0.15, 0.2) is 4.90 Å². The molecule has 0 spiro atoms. The quantitative estimate of drug-likeness (QED) is 0.424. The number of hydrogen-bond acceptors (Lipinski definition) is 4. The fourth-order valence-electron chi connectivity index (χ4n) is 4.35. The van der Waals surface area contributed by atoms with Crippen LogP contribution in [-0.2, 0) is 35.2 Å². The van der Waals surface area contributed by atoms with Gasteiger partial charge in [0.2, 0.25) is 5.91 Å². The van der Waals surface area contributed by atoms with E-state index in [1.165, 1.54) is 13.0 Å². The Labute approximate surface area is 227 Å². The average molecular weight is 578 g/mol. The number of hydrogen-bond donors (Lipinski definition) is 2. The van der Waals surface area contributed by atoms with Crippen LogP contribution in [0.15, 0.2) is 35.2 Å². The summed E-state index contributed by atoms with van der Waals surface area (Å²) in [5.41, 5.74) is -0.832. The lowest BCUT2D eigenvalue weighted by Crippen LogP contribution is -2.46. The van der Waals surface area contributed by atoms with Gasteiger partial charge in [-0.1, -0.05) is 23.2 Å². The van der Waals surface area contributed by atoms with E-state index in [2.05, 4.69) is 10.6 Å². The van der Waals surface area contributed by atoms with Crippen molar-refractivity contribution in [3.8, 4) is 0 Å². The van der Waals surface area contributed by atoms with E-state index in [4.69, 9.17) is 23.2 Å². The highest BCUT2D eigenvalue weighted by atomic mass is 35.5. The molecule has 12 heteroatoms. The van der Waals surface area contributed by atoms with Gasteiger partial charge in [0.05, 0.1) is 5.56 Å². The monoisotopic (exact) mass is 577 g/mol. The highest BCUT2D eigenvalue weighted by Crippen LogP contribution is 2.37. The van der Waals surface area contributed by atoms with E-state index in [1.54, 1.807) is 25.1 Å². The van der Waals surface area contributed by atoms with Crippen molar-refractivity contribution >= 4 is 46.2 Å². The molecule has 2 aromatic carbocycles. The lowest BCUT2D eigenvalue weighted by molar-refractivity contribution is -0.138. The number of benzene rings is 2. The van der Waals surface area contributed by atoms with Crippen LogP contribution < -0.4 is 10.6 Å². The SMILES string of the molecule is CC[S+]([O-])c1ccc(Cl)cc1CNC(=O)c1cc(Cl)c(CN2CCC[C@@H](NC(C)=O)C2)c(C(F)(F)F)c1. The summed E-state index contributed by atoms with van der Waals surface area (Å²) in [5, 5.41) is 5.61. The number of amides is 2. The van der Waals surface area contributed by atoms with Gasteiger partial charge in [-0.25, -0.2) is 0 Å². The number of piperidine rings is 1. The van der Waals surface area contributed by atoms with Crippen LogP contribution in [0.5, 0.6) is 0 Å². The molecule has 1 aliphatic rings. The highest BCUT2D eigenvalue weighted by molar-refractivity contribution is 7.91. The van der Waals surface area contributed by atoms with Crippen LogP contribution in [0.1, 0.15) is 53.7 Å². The Bertz CT molecular complexity index is 1150. The van der Waals surface area contributed by atoms with Crippen molar-refractivity contribution in [1.29, 1.82) is 0 Å². The number of halogens is 5. The van der Waals surface area contributed by atoms with E-state index < -0.39 is 28.8 Å². The predicted molar refractivity (Wildman–Crippen MR) is 138 cm³/mol. The molecule has 0 saturated carbocycles. The summed E-state index contributed by atoms with van der Waals surface area (Å²) in [6, 6.07) is 6.63. The second-order valence-corrected chi connectivity index (χ2v) is 11.4. The summed E-state index contributed by atoms with van der Waals surface area (Å²) >= 11 is 11.0. The lowest BCUT2D eigenvalue weighted by Gasteiger charge is -2.33. The molecule has 2 N–H and O–H groups in total. The molecule has 0 radical (unpaired) electrons. The predicted octanol–water partition coefficient (Wildman–Crippen LogP) is 5.17. The van der Waals surface area contributed by atoms with E-state index in [9.17, 15) is 27.3 Å². The van der Waals surface area contributed by atoms with Crippen molar-refractivity contribution < 1.29 is 27.3 Å². The van der Waals surface area contributed by atoms with E-state index in [0.29, 0.717) is 34.3 Å². The zero-order valence-electron chi connectivity index (χ0n) is 20.4. The van der Waals surface area contributed by atoms with Crippen LogP contribution in [0.4, 0.5) is 13.2 Å². The van der Waals surface area contributed by atoms with Crippen molar-refractivity contribution in [2.24, 2.45) is 0 Å². The van der Waals surface area contributed by atoms with Gasteiger partial charge in [-0.15, -0.1) is 0 Å². The normalized spacial score (nSPS) is 17.4. The molecule has 0 bridgehead atoms. The molecule has 1 aliphatic heterocycles. The standard InChI is InChI=1S/C25H28Cl2F3N3O3S/c1-3-37(36)23-7-6-18(26)9-17(23)12-31-24(35)16-10-21(25(28,29)30)20(22(27)11-16)14-33-8-4-5-19(13-33)32-15(2)34/h6-7,9-11,19H,3-5,8,12-14H2,1-2H3,(H,31,35)(H,32,34)/t19-,37?/m1/s1. The molecule has 0 aromatic heterocycles. The Morgan fingerprint density at radius 3 is 2.59 bits per heavy atom. The molecule has 0 aliphatic carbocycles. The van der Waals surface area contributed by atoms with Gasteiger partial charge in [0, 0.05) is 53.8 Å². The van der Waals surface area contributed by atoms with Crippen molar-refractivity contribution in [1.82, 2.24) is 15.5 Å². The maximum Gasteiger partial charge on any atom is 0.416 e. The third-order valence-corrected chi connectivity index (χ3v) is 8.01. The Morgan fingerprint density at radius 2 is 1.95 bits per heavy atom. The Kier molecular flexibility index (Phi) is 10.2. The van der Waals surface area contributed by atoms with Gasteiger partial charge in [0.25, 0.3) is 5.91 Å². The molecule has 2 aromatic rings. The largest absolute Gasteiger partial charge is 0.611 e. The average Bonchev–Trinajstić information content (AvgIpc) is 2.82. The van der Waals surface area contributed by atoms with Gasteiger partial charge in [-0.2, -0.15) is 13.2 Å². The molecule has 1 heterocycles. The van der Waals surface area contributed by atoms with Crippen LogP contribution in [0.25, 0.3) is 0 Å². The number of nitrogens with zero attached hydrogens (tertiary/aromatic N) is 1. The summed E-state index contributed by atoms with van der Waals surface area (Å²) in [6.07, 6.45) is -3.27. The van der Waals surface area contributed by atoms with Gasteiger partial charge < -0.3 is 15.2 Å². The third-order valence-electron chi connectivity index (χ3n) is 6.03. The zero-order valence-corrected chi connectivity index (χ0v) is 22.7. The first-order valence-corrected chi connectivity index (χ1v) is 13.8. The summed E-state index contributed by atoms with van der Waals surface area (Å²) in [7, 11) is 0. The number of alkyl halides is 3. The summed E-state index contributed by atoms with van der Waals surface area (Å²) in [5.74, 6) is -0.588. The molecular formula is C25H28Cl2F3N3O3S. The van der Waals surface area contributed by atoms with E-state index in [0.717, 1.165) is 18.9 Å². The molecule has 2 atom stereocenters. The van der Waals surface area contributed by atoms with Crippen LogP contribution in [0.2, 0.25) is 10.0 Å². The van der Waals surface area contributed by atoms with Gasteiger partial charge in [-0.3, -0.25) is 14.5 Å². The lowest BCUT2D eigenvalue weighted by atomic mass is 10.00. The molecular weight excluding hydrogens is 550 g/mol. The van der Waals surface area contributed by atoms with E-state index >= 15 is 0 Å². The molecule has 1 saturated heterocycles. The van der Waals surface area contributed by atoms with Gasteiger partial charge >= 0.3 is 6.18 Å². The summed E-state index contributed by atoms with van der Waals surface area (Å²) in [4.78, 5) is 26.5. The number of rotatable bonds is 8. The van der Waals surface area contributed by atoms with E-state index in [1.807, 2.05) is 4.90 Å².